The van der Waals surface area contributed by atoms with Crippen molar-refractivity contribution in [2.24, 2.45) is 0 Å². The number of nitrogens with zero attached hydrogens (tertiary/aromatic N) is 3. The van der Waals surface area contributed by atoms with E-state index in [1.165, 1.54) is 18.9 Å². The van der Waals surface area contributed by atoms with Crippen LogP contribution in [0.5, 0.6) is 11.5 Å². The first-order valence-corrected chi connectivity index (χ1v) is 9.74. The molecular weight excluding hydrogens is 398 g/mol. The molecule has 0 aliphatic rings. The largest absolute Gasteiger partial charge is 0.493 e. The maximum absolute atomic E-state index is 12.3. The number of rotatable bonds is 9. The van der Waals surface area contributed by atoms with Crippen molar-refractivity contribution in [2.45, 2.75) is 20.0 Å². The van der Waals surface area contributed by atoms with Crippen molar-refractivity contribution in [3.63, 3.8) is 0 Å². The highest BCUT2D eigenvalue weighted by molar-refractivity contribution is 5.95. The zero-order valence-electron chi connectivity index (χ0n) is 17.7. The number of hydrogen-bond donors (Lipinski definition) is 2. The van der Waals surface area contributed by atoms with Gasteiger partial charge in [-0.05, 0) is 30.7 Å². The van der Waals surface area contributed by atoms with Gasteiger partial charge in [-0.3, -0.25) is 9.59 Å². The minimum atomic E-state index is -0.304. The van der Waals surface area contributed by atoms with Crippen LogP contribution in [-0.2, 0) is 13.1 Å². The monoisotopic (exact) mass is 423 g/mol. The second-order valence-corrected chi connectivity index (χ2v) is 6.86. The highest BCUT2D eigenvalue weighted by atomic mass is 16.5. The van der Waals surface area contributed by atoms with Crippen LogP contribution in [0, 0.1) is 6.92 Å². The van der Waals surface area contributed by atoms with Gasteiger partial charge in [0.05, 0.1) is 27.0 Å². The van der Waals surface area contributed by atoms with E-state index in [1.54, 1.807) is 24.4 Å². The topological polar surface area (TPSA) is 107 Å². The van der Waals surface area contributed by atoms with Crippen LogP contribution < -0.4 is 20.1 Å². The number of ether oxygens (including phenoxy) is 2. The number of amides is 2. The summed E-state index contributed by atoms with van der Waals surface area (Å²) in [5, 5.41) is 13.5. The fourth-order valence-corrected chi connectivity index (χ4v) is 2.85. The number of carbonyl (C=O) groups is 2. The van der Waals surface area contributed by atoms with Gasteiger partial charge < -0.3 is 20.1 Å². The van der Waals surface area contributed by atoms with Crippen LogP contribution in [0.1, 0.15) is 32.0 Å². The normalized spacial score (nSPS) is 10.4. The Bertz CT molecular complexity index is 1050. The first-order valence-electron chi connectivity index (χ1n) is 9.74. The maximum atomic E-state index is 12.3. The Labute approximate surface area is 180 Å². The second kappa shape index (κ2) is 10.2. The molecule has 0 fully saturated rings. The summed E-state index contributed by atoms with van der Waals surface area (Å²) < 4.78 is 11.9. The SMILES string of the molecule is COc1ccc(C(=O)NCCn2cc(C(=O)NCc3ccc(C)cc3)nn2)cc1OC. The molecule has 0 atom stereocenters. The van der Waals surface area contributed by atoms with Gasteiger partial charge in [-0.2, -0.15) is 0 Å². The first kappa shape index (κ1) is 21.8. The molecule has 0 saturated carbocycles. The molecule has 1 heterocycles. The van der Waals surface area contributed by atoms with E-state index in [1.807, 2.05) is 31.2 Å². The third-order valence-corrected chi connectivity index (χ3v) is 4.62. The molecule has 0 unspecified atom stereocenters. The Balaban J connectivity index is 1.48. The molecule has 1 aromatic heterocycles. The summed E-state index contributed by atoms with van der Waals surface area (Å²) in [4.78, 5) is 24.6. The van der Waals surface area contributed by atoms with Gasteiger partial charge in [0, 0.05) is 18.7 Å². The summed E-state index contributed by atoms with van der Waals surface area (Å²) in [6.07, 6.45) is 1.55. The number of methoxy groups -OCH3 is 2. The third kappa shape index (κ3) is 5.81. The van der Waals surface area contributed by atoms with Crippen molar-refractivity contribution in [3.8, 4) is 11.5 Å². The van der Waals surface area contributed by atoms with Crippen molar-refractivity contribution >= 4 is 11.8 Å². The molecule has 0 spiro atoms. The summed E-state index contributed by atoms with van der Waals surface area (Å²) in [6, 6.07) is 12.9. The molecule has 2 N–H and O–H groups in total. The van der Waals surface area contributed by atoms with Gasteiger partial charge in [-0.25, -0.2) is 4.68 Å². The van der Waals surface area contributed by atoms with Gasteiger partial charge in [0.1, 0.15) is 0 Å². The molecule has 0 aliphatic carbocycles. The molecular formula is C22H25N5O4. The minimum Gasteiger partial charge on any atom is -0.493 e. The number of benzene rings is 2. The highest BCUT2D eigenvalue weighted by Crippen LogP contribution is 2.27. The lowest BCUT2D eigenvalue weighted by Gasteiger charge is -2.10. The average molecular weight is 423 g/mol. The molecule has 0 bridgehead atoms. The molecule has 2 aromatic carbocycles. The Hall–Kier alpha value is -3.88. The summed E-state index contributed by atoms with van der Waals surface area (Å²) in [6.45, 7) is 3.11. The minimum absolute atomic E-state index is 0.221. The molecule has 2 amide bonds. The zero-order valence-corrected chi connectivity index (χ0v) is 17.7. The first-order chi connectivity index (χ1) is 15.0. The van der Waals surface area contributed by atoms with E-state index >= 15 is 0 Å². The lowest BCUT2D eigenvalue weighted by molar-refractivity contribution is 0.0939. The van der Waals surface area contributed by atoms with Gasteiger partial charge in [0.2, 0.25) is 0 Å². The Morgan fingerprint density at radius 1 is 0.968 bits per heavy atom. The summed E-state index contributed by atoms with van der Waals surface area (Å²) in [5.74, 6) is 0.473. The summed E-state index contributed by atoms with van der Waals surface area (Å²) in [5.41, 5.74) is 2.84. The van der Waals surface area contributed by atoms with Gasteiger partial charge in [0.25, 0.3) is 11.8 Å². The van der Waals surface area contributed by atoms with Crippen LogP contribution in [0.4, 0.5) is 0 Å². The summed E-state index contributed by atoms with van der Waals surface area (Å²) >= 11 is 0. The molecule has 3 rings (SSSR count). The van der Waals surface area contributed by atoms with E-state index in [0.29, 0.717) is 36.7 Å². The Kier molecular flexibility index (Phi) is 7.21. The van der Waals surface area contributed by atoms with E-state index in [0.717, 1.165) is 11.1 Å². The van der Waals surface area contributed by atoms with Gasteiger partial charge in [-0.1, -0.05) is 35.0 Å². The predicted octanol–water partition coefficient (Wildman–Crippen LogP) is 1.96. The fraction of sp³-hybridized carbons (Fsp3) is 0.273. The highest BCUT2D eigenvalue weighted by Gasteiger charge is 2.12. The average Bonchev–Trinajstić information content (AvgIpc) is 3.27. The van der Waals surface area contributed by atoms with Crippen molar-refractivity contribution < 1.29 is 19.1 Å². The van der Waals surface area contributed by atoms with Crippen molar-refractivity contribution in [1.29, 1.82) is 0 Å². The van der Waals surface area contributed by atoms with E-state index in [9.17, 15) is 9.59 Å². The molecule has 9 nitrogen and oxygen atoms in total. The lowest BCUT2D eigenvalue weighted by atomic mass is 10.1. The van der Waals surface area contributed by atoms with Gasteiger partial charge >= 0.3 is 0 Å². The molecule has 3 aromatic rings. The van der Waals surface area contributed by atoms with Crippen LogP contribution in [0.15, 0.2) is 48.7 Å². The van der Waals surface area contributed by atoms with Gasteiger partial charge in [-0.15, -0.1) is 5.10 Å². The van der Waals surface area contributed by atoms with E-state index in [4.69, 9.17) is 9.47 Å². The molecule has 0 saturated heterocycles. The van der Waals surface area contributed by atoms with E-state index < -0.39 is 0 Å². The lowest BCUT2D eigenvalue weighted by Crippen LogP contribution is -2.27. The quantitative estimate of drug-likeness (QED) is 0.545. The predicted molar refractivity (Wildman–Crippen MR) is 114 cm³/mol. The Morgan fingerprint density at radius 3 is 2.42 bits per heavy atom. The van der Waals surface area contributed by atoms with Crippen LogP contribution in [0.25, 0.3) is 0 Å². The number of carbonyl (C=O) groups excluding carboxylic acids is 2. The number of aromatic nitrogens is 3. The second-order valence-electron chi connectivity index (χ2n) is 6.86. The van der Waals surface area contributed by atoms with Crippen LogP contribution >= 0.6 is 0 Å². The molecule has 31 heavy (non-hydrogen) atoms. The van der Waals surface area contributed by atoms with Crippen molar-refractivity contribution in [2.75, 3.05) is 20.8 Å². The van der Waals surface area contributed by atoms with Gasteiger partial charge in [0.15, 0.2) is 17.2 Å². The van der Waals surface area contributed by atoms with Crippen LogP contribution in [0.2, 0.25) is 0 Å². The number of nitrogens with one attached hydrogen (secondary N) is 2. The molecule has 162 valence electrons. The van der Waals surface area contributed by atoms with E-state index in [-0.39, 0.29) is 17.5 Å². The number of hydrogen-bond acceptors (Lipinski definition) is 6. The maximum Gasteiger partial charge on any atom is 0.273 e. The molecule has 0 radical (unpaired) electrons. The fourth-order valence-electron chi connectivity index (χ4n) is 2.85. The molecule has 0 aliphatic heterocycles. The summed E-state index contributed by atoms with van der Waals surface area (Å²) in [7, 11) is 3.05. The van der Waals surface area contributed by atoms with E-state index in [2.05, 4.69) is 20.9 Å². The number of aryl methyl sites for hydroxylation is 1. The third-order valence-electron chi connectivity index (χ3n) is 4.62. The zero-order chi connectivity index (χ0) is 22.2. The van der Waals surface area contributed by atoms with Crippen LogP contribution in [0.3, 0.4) is 0 Å². The molecule has 9 heteroatoms. The van der Waals surface area contributed by atoms with Crippen molar-refractivity contribution in [3.05, 3.63) is 71.0 Å². The standard InChI is InChI=1S/C22H25N5O4/c1-15-4-6-16(7-5-15)13-24-22(29)18-14-27(26-25-18)11-10-23-21(28)17-8-9-19(30-2)20(12-17)31-3/h4-9,12,14H,10-11,13H2,1-3H3,(H,23,28)(H,24,29). The van der Waals surface area contributed by atoms with Crippen molar-refractivity contribution in [1.82, 2.24) is 25.6 Å². The van der Waals surface area contributed by atoms with Crippen LogP contribution in [-0.4, -0.2) is 47.6 Å². The Morgan fingerprint density at radius 2 is 1.71 bits per heavy atom. The smallest absolute Gasteiger partial charge is 0.273 e.